The number of sulfonamides is 1. The maximum Gasteiger partial charge on any atom is 0.336 e. The lowest BCUT2D eigenvalue weighted by molar-refractivity contribution is 0.0697. The smallest absolute Gasteiger partial charge is 0.336 e. The molecular weight excluding hydrogens is 316 g/mol. The van der Waals surface area contributed by atoms with Gasteiger partial charge in [0.2, 0.25) is 5.88 Å². The van der Waals surface area contributed by atoms with E-state index in [1.165, 1.54) is 17.6 Å². The molecule has 0 fully saturated rings. The molecular formula is C12H12N2O5S2. The predicted molar refractivity (Wildman–Crippen MR) is 77.5 cm³/mol. The van der Waals surface area contributed by atoms with E-state index < -0.39 is 16.0 Å². The van der Waals surface area contributed by atoms with Gasteiger partial charge in [0, 0.05) is 11.4 Å². The zero-order valence-corrected chi connectivity index (χ0v) is 12.6. The molecule has 0 saturated carbocycles. The minimum atomic E-state index is -3.83. The van der Waals surface area contributed by atoms with Crippen LogP contribution in [-0.4, -0.2) is 31.1 Å². The normalized spacial score (nSPS) is 11.1. The van der Waals surface area contributed by atoms with Gasteiger partial charge in [0.25, 0.3) is 10.0 Å². The van der Waals surface area contributed by atoms with Crippen LogP contribution in [0.4, 0.5) is 5.69 Å². The number of carbonyl (C=O) groups is 1. The second kappa shape index (κ2) is 6.10. The Morgan fingerprint density at radius 1 is 1.48 bits per heavy atom. The summed E-state index contributed by atoms with van der Waals surface area (Å²) in [4.78, 5) is 14.7. The van der Waals surface area contributed by atoms with E-state index in [1.54, 1.807) is 6.07 Å². The second-order valence-corrected chi connectivity index (χ2v) is 6.70. The summed E-state index contributed by atoms with van der Waals surface area (Å²) in [6, 6.07) is 4.16. The molecule has 0 aliphatic heterocycles. The zero-order valence-electron chi connectivity index (χ0n) is 10.9. The van der Waals surface area contributed by atoms with E-state index in [1.807, 2.05) is 6.92 Å². The highest BCUT2D eigenvalue weighted by molar-refractivity contribution is 7.94. The number of nitrogens with one attached hydrogen (secondary N) is 1. The van der Waals surface area contributed by atoms with E-state index in [2.05, 4.69) is 9.71 Å². The molecule has 0 spiro atoms. The zero-order chi connectivity index (χ0) is 15.5. The fourth-order valence-corrected chi connectivity index (χ4v) is 3.65. The molecule has 7 nitrogen and oxygen atoms in total. The van der Waals surface area contributed by atoms with Gasteiger partial charge in [0.05, 0.1) is 24.1 Å². The van der Waals surface area contributed by atoms with Crippen LogP contribution in [0.1, 0.15) is 17.3 Å². The highest BCUT2D eigenvalue weighted by Gasteiger charge is 2.19. The number of hydrogen-bond donors (Lipinski definition) is 2. The Bertz CT molecular complexity index is 737. The average Bonchev–Trinajstić information content (AvgIpc) is 2.92. The molecule has 0 aromatic carbocycles. The quantitative estimate of drug-likeness (QED) is 0.840. The van der Waals surface area contributed by atoms with Gasteiger partial charge < -0.3 is 9.84 Å². The van der Waals surface area contributed by atoms with E-state index in [9.17, 15) is 13.2 Å². The Morgan fingerprint density at radius 2 is 2.24 bits per heavy atom. The number of rotatable bonds is 6. The summed E-state index contributed by atoms with van der Waals surface area (Å²) in [6.45, 7) is 2.28. The van der Waals surface area contributed by atoms with Crippen LogP contribution in [0.5, 0.6) is 5.88 Å². The van der Waals surface area contributed by atoms with Crippen molar-refractivity contribution >= 4 is 33.0 Å². The predicted octanol–water partition coefficient (Wildman–Crippen LogP) is 2.04. The molecule has 0 saturated heterocycles. The molecule has 21 heavy (non-hydrogen) atoms. The first-order valence-electron chi connectivity index (χ1n) is 5.86. The number of thiophene rings is 1. The monoisotopic (exact) mass is 328 g/mol. The third-order valence-electron chi connectivity index (χ3n) is 2.37. The lowest BCUT2D eigenvalue weighted by Crippen LogP contribution is -2.11. The molecule has 2 heterocycles. The molecule has 112 valence electrons. The topological polar surface area (TPSA) is 106 Å². The van der Waals surface area contributed by atoms with Crippen LogP contribution in [0.2, 0.25) is 0 Å². The number of carboxylic acids is 1. The van der Waals surface area contributed by atoms with Gasteiger partial charge in [-0.1, -0.05) is 0 Å². The minimum Gasteiger partial charge on any atom is -0.478 e. The second-order valence-electron chi connectivity index (χ2n) is 3.88. The highest BCUT2D eigenvalue weighted by atomic mass is 32.2. The van der Waals surface area contributed by atoms with Crippen molar-refractivity contribution in [2.45, 2.75) is 11.1 Å². The van der Waals surface area contributed by atoms with Gasteiger partial charge in [0.15, 0.2) is 0 Å². The van der Waals surface area contributed by atoms with Crippen molar-refractivity contribution in [3.8, 4) is 5.88 Å². The van der Waals surface area contributed by atoms with Gasteiger partial charge in [-0.2, -0.15) is 0 Å². The van der Waals surface area contributed by atoms with Crippen LogP contribution < -0.4 is 9.46 Å². The van der Waals surface area contributed by atoms with Crippen LogP contribution in [0.25, 0.3) is 0 Å². The Kier molecular flexibility index (Phi) is 4.43. The fraction of sp³-hybridized carbons (Fsp3) is 0.167. The SMILES string of the molecule is CCOc1ccc(NS(=O)(=O)c2cc(C(=O)O)cs2)cn1. The van der Waals surface area contributed by atoms with Gasteiger partial charge in [-0.05, 0) is 19.1 Å². The standard InChI is InChI=1S/C12H12N2O5S2/c1-2-19-10-4-3-9(6-13-10)14-21(17,18)11-5-8(7-20-11)12(15)16/h3-7,14H,2H2,1H3,(H,15,16). The molecule has 0 atom stereocenters. The van der Waals surface area contributed by atoms with Crippen molar-refractivity contribution in [2.24, 2.45) is 0 Å². The summed E-state index contributed by atoms with van der Waals surface area (Å²) < 4.78 is 31.6. The summed E-state index contributed by atoms with van der Waals surface area (Å²) >= 11 is 0.839. The summed E-state index contributed by atoms with van der Waals surface area (Å²) in [7, 11) is -3.83. The van der Waals surface area contributed by atoms with Gasteiger partial charge in [0.1, 0.15) is 4.21 Å². The molecule has 0 bridgehead atoms. The van der Waals surface area contributed by atoms with Crippen LogP contribution in [0, 0.1) is 0 Å². The lowest BCUT2D eigenvalue weighted by atomic mass is 10.4. The van der Waals surface area contributed by atoms with E-state index in [0.717, 1.165) is 17.4 Å². The van der Waals surface area contributed by atoms with Crippen LogP contribution in [0.3, 0.4) is 0 Å². The molecule has 2 aromatic rings. The first kappa shape index (κ1) is 15.3. The molecule has 0 aliphatic rings. The Labute approximate surface area is 125 Å². The Hall–Kier alpha value is -2.13. The molecule has 9 heteroatoms. The van der Waals surface area contributed by atoms with E-state index in [-0.39, 0.29) is 15.5 Å². The third-order valence-corrected chi connectivity index (χ3v) is 5.19. The maximum absolute atomic E-state index is 12.1. The van der Waals surface area contributed by atoms with Crippen molar-refractivity contribution < 1.29 is 23.1 Å². The van der Waals surface area contributed by atoms with E-state index in [0.29, 0.717) is 12.5 Å². The molecule has 2 aromatic heterocycles. The van der Waals surface area contributed by atoms with Crippen molar-refractivity contribution in [1.29, 1.82) is 0 Å². The van der Waals surface area contributed by atoms with Crippen LogP contribution >= 0.6 is 11.3 Å². The van der Waals surface area contributed by atoms with Crippen molar-refractivity contribution in [1.82, 2.24) is 4.98 Å². The van der Waals surface area contributed by atoms with E-state index >= 15 is 0 Å². The molecule has 2 N–H and O–H groups in total. The first-order chi connectivity index (χ1) is 9.92. The number of pyridine rings is 1. The third kappa shape index (κ3) is 3.70. The summed E-state index contributed by atoms with van der Waals surface area (Å²) in [5, 5.41) is 10.1. The Morgan fingerprint density at radius 3 is 2.76 bits per heavy atom. The molecule has 0 radical (unpaired) electrons. The average molecular weight is 328 g/mol. The van der Waals surface area contributed by atoms with Gasteiger partial charge in [-0.3, -0.25) is 4.72 Å². The number of nitrogens with zero attached hydrogens (tertiary/aromatic N) is 1. The number of aromatic carboxylic acids is 1. The highest BCUT2D eigenvalue weighted by Crippen LogP contribution is 2.23. The van der Waals surface area contributed by atoms with Crippen molar-refractivity contribution in [3.05, 3.63) is 35.3 Å². The number of aromatic nitrogens is 1. The molecule has 0 aliphatic carbocycles. The lowest BCUT2D eigenvalue weighted by Gasteiger charge is -2.06. The first-order valence-corrected chi connectivity index (χ1v) is 8.22. The molecule has 2 rings (SSSR count). The minimum absolute atomic E-state index is 0.0646. The summed E-state index contributed by atoms with van der Waals surface area (Å²) in [5.41, 5.74) is 0.203. The molecule has 0 amide bonds. The molecule has 0 unspecified atom stereocenters. The van der Waals surface area contributed by atoms with Gasteiger partial charge in [-0.15, -0.1) is 11.3 Å². The van der Waals surface area contributed by atoms with Crippen molar-refractivity contribution in [2.75, 3.05) is 11.3 Å². The fourth-order valence-electron chi connectivity index (χ4n) is 1.45. The maximum atomic E-state index is 12.1. The van der Waals surface area contributed by atoms with Crippen LogP contribution in [-0.2, 0) is 10.0 Å². The van der Waals surface area contributed by atoms with Crippen molar-refractivity contribution in [3.63, 3.8) is 0 Å². The number of anilines is 1. The van der Waals surface area contributed by atoms with E-state index in [4.69, 9.17) is 9.84 Å². The van der Waals surface area contributed by atoms with Gasteiger partial charge >= 0.3 is 5.97 Å². The van der Waals surface area contributed by atoms with Gasteiger partial charge in [-0.25, -0.2) is 18.2 Å². The Balaban J connectivity index is 2.18. The summed E-state index contributed by atoms with van der Waals surface area (Å²) in [5.74, 6) is -0.778. The largest absolute Gasteiger partial charge is 0.478 e. The number of hydrogen-bond acceptors (Lipinski definition) is 6. The van der Waals surface area contributed by atoms with Crippen LogP contribution in [0.15, 0.2) is 34.0 Å². The summed E-state index contributed by atoms with van der Waals surface area (Å²) in [6.07, 6.45) is 1.33. The number of carboxylic acid groups (broad SMARTS) is 1. The number of ether oxygens (including phenoxy) is 1.